The Balaban J connectivity index is 1.02. The van der Waals surface area contributed by atoms with E-state index in [-0.39, 0.29) is 11.7 Å². The van der Waals surface area contributed by atoms with Gasteiger partial charge in [-0.1, -0.05) is 36.4 Å². The predicted octanol–water partition coefficient (Wildman–Crippen LogP) is 4.43. The lowest BCUT2D eigenvalue weighted by Crippen LogP contribution is -2.52. The Bertz CT molecular complexity index is 1430. The zero-order chi connectivity index (χ0) is 31.2. The number of benzene rings is 3. The van der Waals surface area contributed by atoms with E-state index in [9.17, 15) is 4.79 Å². The van der Waals surface area contributed by atoms with E-state index in [0.29, 0.717) is 23.7 Å². The number of carbonyl (C=O) groups excluding carboxylic acids is 1. The predicted molar refractivity (Wildman–Crippen MR) is 180 cm³/mol. The number of piperidine rings is 1. The summed E-state index contributed by atoms with van der Waals surface area (Å²) in [5.74, 6) is -0.361. The first kappa shape index (κ1) is 31.8. The first-order chi connectivity index (χ1) is 21.9. The molecule has 0 saturated carbocycles. The Labute approximate surface area is 268 Å². The number of piperazine rings is 2. The molecule has 3 saturated heterocycles. The van der Waals surface area contributed by atoms with Gasteiger partial charge in [0.1, 0.15) is 5.82 Å². The van der Waals surface area contributed by atoms with Gasteiger partial charge in [0.15, 0.2) is 0 Å². The SMILES string of the molecule is C[C@H]1CN(Cc2cccc(-c3cc(CNC(=O)c4cccc(CN5CCN(C6CCN(C)CC6)CC5)c4)ccc3F)c2)CCN1. The number of likely N-dealkylation sites (tertiary alicyclic amines) is 1. The highest BCUT2D eigenvalue weighted by molar-refractivity contribution is 5.94. The summed E-state index contributed by atoms with van der Waals surface area (Å²) in [7, 11) is 2.22. The highest BCUT2D eigenvalue weighted by atomic mass is 19.1. The molecule has 240 valence electrons. The summed E-state index contributed by atoms with van der Waals surface area (Å²) < 4.78 is 15.0. The van der Waals surface area contributed by atoms with E-state index in [2.05, 4.69) is 62.4 Å². The third-order valence-electron chi connectivity index (χ3n) is 9.79. The molecule has 1 atom stereocenters. The summed E-state index contributed by atoms with van der Waals surface area (Å²) in [6.07, 6.45) is 2.55. The largest absolute Gasteiger partial charge is 0.348 e. The molecule has 8 heteroatoms. The normalized spacial score (nSPS) is 21.2. The van der Waals surface area contributed by atoms with Gasteiger partial charge in [-0.25, -0.2) is 4.39 Å². The number of nitrogens with zero attached hydrogens (tertiary/aromatic N) is 4. The van der Waals surface area contributed by atoms with Crippen molar-refractivity contribution in [2.75, 3.05) is 66.0 Å². The summed E-state index contributed by atoms with van der Waals surface area (Å²) in [6, 6.07) is 22.5. The van der Waals surface area contributed by atoms with E-state index in [1.54, 1.807) is 6.07 Å². The van der Waals surface area contributed by atoms with Crippen molar-refractivity contribution in [3.63, 3.8) is 0 Å². The first-order valence-corrected chi connectivity index (χ1v) is 16.8. The topological polar surface area (TPSA) is 54.1 Å². The third-order valence-corrected chi connectivity index (χ3v) is 9.79. The number of hydrogen-bond donors (Lipinski definition) is 2. The van der Waals surface area contributed by atoms with Crippen LogP contribution in [0.15, 0.2) is 66.7 Å². The van der Waals surface area contributed by atoms with Crippen molar-refractivity contribution in [3.05, 3.63) is 94.8 Å². The number of halogens is 1. The van der Waals surface area contributed by atoms with Crippen LogP contribution in [-0.4, -0.2) is 104 Å². The molecule has 3 aliphatic heterocycles. The lowest BCUT2D eigenvalue weighted by molar-refractivity contribution is 0.0618. The Morgan fingerprint density at radius 1 is 0.844 bits per heavy atom. The average molecular weight is 613 g/mol. The highest BCUT2D eigenvalue weighted by Gasteiger charge is 2.26. The van der Waals surface area contributed by atoms with E-state index in [1.807, 2.05) is 36.4 Å². The fourth-order valence-corrected chi connectivity index (χ4v) is 7.16. The van der Waals surface area contributed by atoms with Crippen molar-refractivity contribution in [1.82, 2.24) is 30.2 Å². The number of rotatable bonds is 9. The summed E-state index contributed by atoms with van der Waals surface area (Å²) in [4.78, 5) is 23.2. The smallest absolute Gasteiger partial charge is 0.251 e. The molecule has 45 heavy (non-hydrogen) atoms. The van der Waals surface area contributed by atoms with Gasteiger partial charge in [-0.2, -0.15) is 0 Å². The second-order valence-corrected chi connectivity index (χ2v) is 13.3. The molecule has 7 nitrogen and oxygen atoms in total. The molecule has 2 N–H and O–H groups in total. The van der Waals surface area contributed by atoms with Crippen LogP contribution in [0.3, 0.4) is 0 Å². The Morgan fingerprint density at radius 3 is 2.36 bits per heavy atom. The van der Waals surface area contributed by atoms with Crippen molar-refractivity contribution in [2.45, 2.75) is 51.5 Å². The van der Waals surface area contributed by atoms with E-state index in [1.165, 1.54) is 37.6 Å². The van der Waals surface area contributed by atoms with Gasteiger partial charge >= 0.3 is 0 Å². The molecule has 1 amide bonds. The molecule has 3 aromatic rings. The van der Waals surface area contributed by atoms with Gasteiger partial charge in [0.2, 0.25) is 0 Å². The van der Waals surface area contributed by atoms with E-state index < -0.39 is 0 Å². The molecule has 3 heterocycles. The lowest BCUT2D eigenvalue weighted by atomic mass is 10.00. The fourth-order valence-electron chi connectivity index (χ4n) is 7.16. The molecule has 0 unspecified atom stereocenters. The van der Waals surface area contributed by atoms with Gasteiger partial charge in [-0.05, 0) is 92.5 Å². The van der Waals surface area contributed by atoms with Crippen LogP contribution >= 0.6 is 0 Å². The number of amides is 1. The van der Waals surface area contributed by atoms with Gasteiger partial charge in [-0.15, -0.1) is 0 Å². The average Bonchev–Trinajstić information content (AvgIpc) is 3.05. The number of nitrogens with one attached hydrogen (secondary N) is 2. The van der Waals surface area contributed by atoms with Crippen LogP contribution in [0.2, 0.25) is 0 Å². The summed E-state index contributed by atoms with van der Waals surface area (Å²) >= 11 is 0. The molecule has 0 aliphatic carbocycles. The summed E-state index contributed by atoms with van der Waals surface area (Å²) in [6.45, 7) is 14.0. The molecule has 6 rings (SSSR count). The van der Waals surface area contributed by atoms with Gasteiger partial charge in [-0.3, -0.25) is 19.5 Å². The van der Waals surface area contributed by atoms with Crippen LogP contribution in [-0.2, 0) is 19.6 Å². The fraction of sp³-hybridized carbons (Fsp3) is 0.486. The van der Waals surface area contributed by atoms with Crippen LogP contribution in [0.4, 0.5) is 4.39 Å². The first-order valence-electron chi connectivity index (χ1n) is 16.8. The van der Waals surface area contributed by atoms with Gasteiger partial charge in [0.25, 0.3) is 5.91 Å². The van der Waals surface area contributed by atoms with Crippen molar-refractivity contribution in [1.29, 1.82) is 0 Å². The van der Waals surface area contributed by atoms with Crippen LogP contribution in [0.5, 0.6) is 0 Å². The third kappa shape index (κ3) is 8.57. The summed E-state index contributed by atoms with van der Waals surface area (Å²) in [5, 5.41) is 6.55. The number of hydrogen-bond acceptors (Lipinski definition) is 6. The van der Waals surface area contributed by atoms with Crippen molar-refractivity contribution in [3.8, 4) is 11.1 Å². The van der Waals surface area contributed by atoms with Gasteiger partial charge in [0, 0.05) is 88.7 Å². The minimum Gasteiger partial charge on any atom is -0.348 e. The Kier molecular flexibility index (Phi) is 10.6. The van der Waals surface area contributed by atoms with E-state index in [4.69, 9.17) is 0 Å². The van der Waals surface area contributed by atoms with Crippen molar-refractivity contribution >= 4 is 5.91 Å². The second-order valence-electron chi connectivity index (χ2n) is 13.3. The molecular weight excluding hydrogens is 563 g/mol. The molecule has 3 aromatic carbocycles. The molecule has 3 fully saturated rings. The van der Waals surface area contributed by atoms with E-state index >= 15 is 4.39 Å². The van der Waals surface area contributed by atoms with Crippen LogP contribution in [0, 0.1) is 5.82 Å². The van der Waals surface area contributed by atoms with Gasteiger partial charge < -0.3 is 15.5 Å². The molecule has 0 spiro atoms. The van der Waals surface area contributed by atoms with Crippen LogP contribution in [0.1, 0.15) is 46.8 Å². The lowest BCUT2D eigenvalue weighted by Gasteiger charge is -2.42. The summed E-state index contributed by atoms with van der Waals surface area (Å²) in [5.41, 5.74) is 5.30. The highest BCUT2D eigenvalue weighted by Crippen LogP contribution is 2.26. The molecular formula is C37H49FN6O. The Hall–Kier alpha value is -3.14. The maximum absolute atomic E-state index is 15.0. The van der Waals surface area contributed by atoms with Crippen LogP contribution < -0.4 is 10.6 Å². The Morgan fingerprint density at radius 2 is 1.58 bits per heavy atom. The monoisotopic (exact) mass is 612 g/mol. The number of carbonyl (C=O) groups is 1. The maximum atomic E-state index is 15.0. The minimum absolute atomic E-state index is 0.109. The molecule has 0 radical (unpaired) electrons. The second kappa shape index (κ2) is 15.0. The van der Waals surface area contributed by atoms with E-state index in [0.717, 1.165) is 81.6 Å². The maximum Gasteiger partial charge on any atom is 0.251 e. The zero-order valence-electron chi connectivity index (χ0n) is 27.0. The van der Waals surface area contributed by atoms with Gasteiger partial charge in [0.05, 0.1) is 0 Å². The molecule has 3 aliphatic rings. The quantitative estimate of drug-likeness (QED) is 0.373. The minimum atomic E-state index is -0.252. The molecule has 0 aromatic heterocycles. The van der Waals surface area contributed by atoms with Crippen LogP contribution in [0.25, 0.3) is 11.1 Å². The molecule has 0 bridgehead atoms. The zero-order valence-corrected chi connectivity index (χ0v) is 27.0. The standard InChI is InChI=1S/C37H49FN6O/c1-28-25-43(16-13-39-28)27-30-5-3-7-32(21-30)35-23-29(9-10-36(35)38)24-40-37(45)33-8-4-6-31(22-33)26-42-17-19-44(20-18-42)34-11-14-41(2)15-12-34/h3-10,21-23,28,34,39H,11-20,24-27H2,1-2H3,(H,40,45)/t28-/m0/s1. The van der Waals surface area contributed by atoms with Crippen molar-refractivity contribution in [2.24, 2.45) is 0 Å². The van der Waals surface area contributed by atoms with Crippen molar-refractivity contribution < 1.29 is 9.18 Å².